The summed E-state index contributed by atoms with van der Waals surface area (Å²) in [4.78, 5) is 31.2. The first-order chi connectivity index (χ1) is 15.4. The van der Waals surface area contributed by atoms with Gasteiger partial charge < -0.3 is 19.4 Å². The minimum absolute atomic E-state index is 0.0750. The van der Waals surface area contributed by atoms with Crippen LogP contribution in [0.3, 0.4) is 0 Å². The first-order valence-corrected chi connectivity index (χ1v) is 11.2. The smallest absolute Gasteiger partial charge is 0.407 e. The molecule has 1 aliphatic heterocycles. The lowest BCUT2D eigenvalue weighted by molar-refractivity contribution is -0.146. The van der Waals surface area contributed by atoms with Crippen molar-refractivity contribution in [3.63, 3.8) is 0 Å². The summed E-state index contributed by atoms with van der Waals surface area (Å²) in [5.41, 5.74) is 1.80. The topological polar surface area (TPSA) is 85.7 Å². The molecule has 8 nitrogen and oxygen atoms in total. The second-order valence-corrected chi connectivity index (χ2v) is 8.72. The number of likely N-dealkylation sites (tertiary alicyclic amines) is 1. The van der Waals surface area contributed by atoms with Crippen LogP contribution >= 0.6 is 0 Å². The Morgan fingerprint density at radius 2 is 2.03 bits per heavy atom. The van der Waals surface area contributed by atoms with E-state index in [-0.39, 0.29) is 18.6 Å². The molecule has 8 heteroatoms. The number of aromatic nitrogens is 2. The van der Waals surface area contributed by atoms with Gasteiger partial charge in [0.2, 0.25) is 0 Å². The van der Waals surface area contributed by atoms with E-state index in [1.807, 2.05) is 42.9 Å². The second kappa shape index (κ2) is 11.7. The molecule has 174 valence electrons. The Labute approximate surface area is 189 Å². The number of esters is 1. The highest BCUT2D eigenvalue weighted by Crippen LogP contribution is 2.18. The van der Waals surface area contributed by atoms with E-state index in [1.54, 1.807) is 0 Å². The maximum Gasteiger partial charge on any atom is 0.407 e. The van der Waals surface area contributed by atoms with E-state index in [0.29, 0.717) is 25.4 Å². The number of hydrogen-bond acceptors (Lipinski definition) is 6. The summed E-state index contributed by atoms with van der Waals surface area (Å²) in [6, 6.07) is 9.06. The van der Waals surface area contributed by atoms with Gasteiger partial charge in [-0.3, -0.25) is 9.69 Å². The zero-order chi connectivity index (χ0) is 22.9. The molecule has 2 heterocycles. The number of carbonyl (C=O) groups excluding carboxylic acids is 2. The van der Waals surface area contributed by atoms with Crippen molar-refractivity contribution < 1.29 is 19.1 Å². The molecule has 2 unspecified atom stereocenters. The Morgan fingerprint density at radius 1 is 1.25 bits per heavy atom. The van der Waals surface area contributed by atoms with Gasteiger partial charge in [-0.15, -0.1) is 0 Å². The molecule has 1 fully saturated rings. The Morgan fingerprint density at radius 3 is 2.75 bits per heavy atom. The summed E-state index contributed by atoms with van der Waals surface area (Å²) < 4.78 is 12.4. The molecule has 3 rings (SSSR count). The van der Waals surface area contributed by atoms with Crippen molar-refractivity contribution in [2.75, 3.05) is 20.2 Å². The lowest BCUT2D eigenvalue weighted by Gasteiger charge is -2.25. The van der Waals surface area contributed by atoms with Gasteiger partial charge in [0.1, 0.15) is 12.6 Å². The summed E-state index contributed by atoms with van der Waals surface area (Å²) in [7, 11) is 1.41. The predicted molar refractivity (Wildman–Crippen MR) is 121 cm³/mol. The van der Waals surface area contributed by atoms with Crippen molar-refractivity contribution in [3.8, 4) is 0 Å². The number of methoxy groups -OCH3 is 1. The molecule has 1 amide bonds. The standard InChI is InChI=1S/C24H34N4O4/c1-18(2)9-11-27-14-21(25-17-27)13-22(23(29)31-3)28-12-10-20(15-28)26-24(30)32-16-19-7-5-4-6-8-19/h4-8,14,17-18,20,22H,9-13,15-16H2,1-3H3,(H,26,30). The average molecular weight is 443 g/mol. The molecule has 1 saturated heterocycles. The van der Waals surface area contributed by atoms with Crippen LogP contribution in [0.1, 0.15) is 37.9 Å². The van der Waals surface area contributed by atoms with Gasteiger partial charge >= 0.3 is 12.1 Å². The molecule has 0 spiro atoms. The number of ether oxygens (including phenoxy) is 2. The van der Waals surface area contributed by atoms with E-state index < -0.39 is 12.1 Å². The highest BCUT2D eigenvalue weighted by Gasteiger charge is 2.34. The van der Waals surface area contributed by atoms with Gasteiger partial charge in [-0.1, -0.05) is 44.2 Å². The Bertz CT molecular complexity index is 868. The van der Waals surface area contributed by atoms with Crippen LogP contribution in [0.15, 0.2) is 42.9 Å². The Kier molecular flexibility index (Phi) is 8.67. The van der Waals surface area contributed by atoms with E-state index in [4.69, 9.17) is 9.47 Å². The first-order valence-electron chi connectivity index (χ1n) is 11.2. The Balaban J connectivity index is 1.51. The molecule has 32 heavy (non-hydrogen) atoms. The molecule has 1 aliphatic rings. The van der Waals surface area contributed by atoms with Crippen molar-refractivity contribution in [3.05, 3.63) is 54.1 Å². The molecule has 0 radical (unpaired) electrons. The molecule has 0 bridgehead atoms. The maximum atomic E-state index is 12.5. The van der Waals surface area contributed by atoms with E-state index in [9.17, 15) is 9.59 Å². The fourth-order valence-corrected chi connectivity index (χ4v) is 3.86. The largest absolute Gasteiger partial charge is 0.468 e. The molecule has 0 aliphatic carbocycles. The average Bonchev–Trinajstić information content (AvgIpc) is 3.44. The quantitative estimate of drug-likeness (QED) is 0.570. The van der Waals surface area contributed by atoms with E-state index >= 15 is 0 Å². The van der Waals surface area contributed by atoms with Gasteiger partial charge in [-0.05, 0) is 24.3 Å². The summed E-state index contributed by atoms with van der Waals surface area (Å²) in [5, 5.41) is 2.91. The van der Waals surface area contributed by atoms with Crippen molar-refractivity contribution in [2.45, 2.75) is 58.3 Å². The molecule has 2 aromatic rings. The van der Waals surface area contributed by atoms with E-state index in [0.717, 1.165) is 30.6 Å². The van der Waals surface area contributed by atoms with Gasteiger partial charge in [0, 0.05) is 38.3 Å². The zero-order valence-electron chi connectivity index (χ0n) is 19.2. The number of hydrogen-bond donors (Lipinski definition) is 1. The van der Waals surface area contributed by atoms with Crippen molar-refractivity contribution >= 4 is 12.1 Å². The molecule has 1 N–H and O–H groups in total. The van der Waals surface area contributed by atoms with Crippen molar-refractivity contribution in [1.82, 2.24) is 19.8 Å². The van der Waals surface area contributed by atoms with Crippen LogP contribution < -0.4 is 5.32 Å². The number of nitrogens with one attached hydrogen (secondary N) is 1. The number of amides is 1. The first kappa shape index (κ1) is 23.8. The van der Waals surface area contributed by atoms with Crippen molar-refractivity contribution in [2.24, 2.45) is 5.92 Å². The molecule has 1 aromatic heterocycles. The Hall–Kier alpha value is -2.87. The van der Waals surface area contributed by atoms with Gasteiger partial charge in [-0.25, -0.2) is 9.78 Å². The maximum absolute atomic E-state index is 12.5. The third-order valence-electron chi connectivity index (χ3n) is 5.72. The summed E-state index contributed by atoms with van der Waals surface area (Å²) >= 11 is 0. The molecular weight excluding hydrogens is 408 g/mol. The molecular formula is C24H34N4O4. The van der Waals surface area contributed by atoms with Gasteiger partial charge in [0.05, 0.1) is 19.1 Å². The number of alkyl carbamates (subject to hydrolysis) is 1. The summed E-state index contributed by atoms with van der Waals surface area (Å²) in [5.74, 6) is 0.339. The third kappa shape index (κ3) is 7.09. The lowest BCUT2D eigenvalue weighted by Crippen LogP contribution is -2.44. The third-order valence-corrected chi connectivity index (χ3v) is 5.72. The highest BCUT2D eigenvalue weighted by atomic mass is 16.5. The second-order valence-electron chi connectivity index (χ2n) is 8.72. The fourth-order valence-electron chi connectivity index (χ4n) is 3.86. The van der Waals surface area contributed by atoms with Crippen LogP contribution in [-0.4, -0.2) is 58.8 Å². The van der Waals surface area contributed by atoms with Crippen LogP contribution in [0.5, 0.6) is 0 Å². The summed E-state index contributed by atoms with van der Waals surface area (Å²) in [6.45, 7) is 6.79. The number of carbonyl (C=O) groups is 2. The SMILES string of the molecule is COC(=O)C(Cc1cn(CCC(C)C)cn1)N1CCC(NC(=O)OCc2ccccc2)C1. The van der Waals surface area contributed by atoms with Crippen LogP contribution in [0, 0.1) is 5.92 Å². The lowest BCUT2D eigenvalue weighted by atomic mass is 10.1. The van der Waals surface area contributed by atoms with Gasteiger partial charge in [0.25, 0.3) is 0 Å². The number of rotatable bonds is 10. The summed E-state index contributed by atoms with van der Waals surface area (Å²) in [6.07, 6.45) is 5.69. The van der Waals surface area contributed by atoms with E-state index in [2.05, 4.69) is 33.6 Å². The zero-order valence-corrected chi connectivity index (χ0v) is 19.2. The highest BCUT2D eigenvalue weighted by molar-refractivity contribution is 5.76. The minimum Gasteiger partial charge on any atom is -0.468 e. The van der Waals surface area contributed by atoms with Gasteiger partial charge in [-0.2, -0.15) is 0 Å². The fraction of sp³-hybridized carbons (Fsp3) is 0.542. The number of aryl methyl sites for hydroxylation is 1. The number of imidazole rings is 1. The monoisotopic (exact) mass is 442 g/mol. The normalized spacial score (nSPS) is 17.3. The van der Waals surface area contributed by atoms with Crippen LogP contribution in [0.25, 0.3) is 0 Å². The van der Waals surface area contributed by atoms with Gasteiger partial charge in [0.15, 0.2) is 0 Å². The predicted octanol–water partition coefficient (Wildman–Crippen LogP) is 3.01. The number of nitrogens with zero attached hydrogens (tertiary/aromatic N) is 3. The van der Waals surface area contributed by atoms with E-state index in [1.165, 1.54) is 7.11 Å². The van der Waals surface area contributed by atoms with Crippen LogP contribution in [0.2, 0.25) is 0 Å². The molecule has 1 aromatic carbocycles. The minimum atomic E-state index is -0.445. The number of benzene rings is 1. The molecule has 2 atom stereocenters. The molecule has 0 saturated carbocycles. The van der Waals surface area contributed by atoms with Crippen LogP contribution in [0.4, 0.5) is 4.79 Å². The van der Waals surface area contributed by atoms with Crippen LogP contribution in [-0.2, 0) is 33.8 Å². The van der Waals surface area contributed by atoms with Crippen molar-refractivity contribution in [1.29, 1.82) is 0 Å².